The van der Waals surface area contributed by atoms with E-state index in [2.05, 4.69) is 43.0 Å². The van der Waals surface area contributed by atoms with Crippen LogP contribution in [-0.4, -0.2) is 28.2 Å². The van der Waals surface area contributed by atoms with Gasteiger partial charge in [0.05, 0.1) is 35.9 Å². The smallest absolute Gasteiger partial charge is 0.323 e. The van der Waals surface area contributed by atoms with E-state index < -0.39 is 6.03 Å². The molecular formula is C26H21N7O2. The Hall–Kier alpha value is -5.10. The van der Waals surface area contributed by atoms with Crippen molar-refractivity contribution in [1.82, 2.24) is 14.9 Å². The summed E-state index contributed by atoms with van der Waals surface area (Å²) in [6.45, 7) is 0.418. The molecule has 9 heteroatoms. The van der Waals surface area contributed by atoms with Crippen molar-refractivity contribution < 1.29 is 9.59 Å². The van der Waals surface area contributed by atoms with E-state index in [1.165, 1.54) is 0 Å². The zero-order chi connectivity index (χ0) is 24.2. The Morgan fingerprint density at radius 1 is 0.857 bits per heavy atom. The van der Waals surface area contributed by atoms with Crippen molar-refractivity contribution in [2.75, 3.05) is 22.5 Å². The van der Waals surface area contributed by atoms with Crippen LogP contribution in [0.25, 0.3) is 11.3 Å². The first kappa shape index (κ1) is 21.7. The number of fused-ring (bicyclic) bond motifs is 3. The summed E-state index contributed by atoms with van der Waals surface area (Å²) in [4.78, 5) is 28.9. The van der Waals surface area contributed by atoms with E-state index in [4.69, 9.17) is 5.26 Å². The molecule has 9 nitrogen and oxygen atoms in total. The maximum Gasteiger partial charge on any atom is 0.323 e. The van der Waals surface area contributed by atoms with E-state index in [0.29, 0.717) is 29.2 Å². The molecule has 0 radical (unpaired) electrons. The lowest BCUT2D eigenvalue weighted by atomic mass is 10.0. The first-order chi connectivity index (χ1) is 17.1. The van der Waals surface area contributed by atoms with Crippen molar-refractivity contribution in [3.63, 3.8) is 0 Å². The van der Waals surface area contributed by atoms with Gasteiger partial charge in [-0.1, -0.05) is 24.3 Å². The minimum atomic E-state index is -0.413. The third kappa shape index (κ3) is 4.67. The van der Waals surface area contributed by atoms with Crippen LogP contribution in [0.15, 0.2) is 85.3 Å². The van der Waals surface area contributed by atoms with Crippen LogP contribution >= 0.6 is 0 Å². The predicted molar refractivity (Wildman–Crippen MR) is 133 cm³/mol. The van der Waals surface area contributed by atoms with Gasteiger partial charge in [0.15, 0.2) is 0 Å². The molecule has 0 bridgehead atoms. The van der Waals surface area contributed by atoms with E-state index in [9.17, 15) is 9.59 Å². The van der Waals surface area contributed by atoms with E-state index in [1.807, 2.05) is 24.4 Å². The molecule has 1 unspecified atom stereocenters. The van der Waals surface area contributed by atoms with Crippen LogP contribution in [0.5, 0.6) is 0 Å². The number of hydrogen-bond acceptors (Lipinski definition) is 4. The molecular weight excluding hydrogens is 442 g/mol. The zero-order valence-electron chi connectivity index (χ0n) is 18.5. The maximum atomic E-state index is 12.5. The molecule has 0 spiro atoms. The molecule has 1 atom stereocenters. The SMILES string of the molecule is N#Cc1ccc(NC(=O)Nc2ccc(NC(=O)NCC3c4ccccc4-c4cncn43)cc2)cc1. The van der Waals surface area contributed by atoms with Crippen molar-refractivity contribution in [2.45, 2.75) is 6.04 Å². The fraction of sp³-hybridized carbons (Fsp3) is 0.0769. The predicted octanol–water partition coefficient (Wildman–Crippen LogP) is 4.79. The number of hydrogen-bond donors (Lipinski definition) is 4. The molecule has 3 aromatic carbocycles. The highest BCUT2D eigenvalue weighted by Crippen LogP contribution is 2.38. The van der Waals surface area contributed by atoms with Crippen LogP contribution in [-0.2, 0) is 0 Å². The zero-order valence-corrected chi connectivity index (χ0v) is 18.5. The summed E-state index contributed by atoms with van der Waals surface area (Å²) in [5.74, 6) is 0. The molecule has 1 aliphatic rings. The maximum absolute atomic E-state index is 12.5. The van der Waals surface area contributed by atoms with Gasteiger partial charge in [-0.3, -0.25) is 0 Å². The molecule has 0 saturated carbocycles. The first-order valence-corrected chi connectivity index (χ1v) is 10.9. The number of nitriles is 1. The lowest BCUT2D eigenvalue weighted by Gasteiger charge is -2.16. The van der Waals surface area contributed by atoms with Crippen molar-refractivity contribution in [3.05, 3.63) is 96.4 Å². The minimum Gasteiger partial charge on any atom is -0.335 e. The number of urea groups is 2. The number of rotatable bonds is 5. The Labute approximate surface area is 201 Å². The molecule has 0 fully saturated rings. The second-order valence-corrected chi connectivity index (χ2v) is 7.97. The van der Waals surface area contributed by atoms with E-state index in [0.717, 1.165) is 16.8 Å². The number of benzene rings is 3. The highest BCUT2D eigenvalue weighted by Gasteiger charge is 2.28. The van der Waals surface area contributed by atoms with Gasteiger partial charge in [0.1, 0.15) is 0 Å². The summed E-state index contributed by atoms with van der Waals surface area (Å²) in [6.07, 6.45) is 3.61. The van der Waals surface area contributed by atoms with Gasteiger partial charge in [-0.05, 0) is 54.1 Å². The summed E-state index contributed by atoms with van der Waals surface area (Å²) >= 11 is 0. The lowest BCUT2D eigenvalue weighted by Crippen LogP contribution is -2.33. The number of nitrogens with zero attached hydrogens (tertiary/aromatic N) is 3. The van der Waals surface area contributed by atoms with Crippen LogP contribution in [0.2, 0.25) is 0 Å². The molecule has 5 rings (SSSR count). The van der Waals surface area contributed by atoms with Crippen LogP contribution < -0.4 is 21.3 Å². The van der Waals surface area contributed by atoms with Gasteiger partial charge in [0.2, 0.25) is 0 Å². The van der Waals surface area contributed by atoms with Crippen LogP contribution in [0, 0.1) is 11.3 Å². The number of nitrogens with one attached hydrogen (secondary N) is 4. The monoisotopic (exact) mass is 463 g/mol. The Balaban J connectivity index is 1.13. The van der Waals surface area contributed by atoms with Gasteiger partial charge >= 0.3 is 12.1 Å². The largest absolute Gasteiger partial charge is 0.335 e. The number of carbonyl (C=O) groups excluding carboxylic acids is 2. The van der Waals surface area contributed by atoms with Crippen LogP contribution in [0.4, 0.5) is 26.7 Å². The van der Waals surface area contributed by atoms with Crippen LogP contribution in [0.1, 0.15) is 17.2 Å². The summed E-state index contributed by atoms with van der Waals surface area (Å²) in [7, 11) is 0. The topological polar surface area (TPSA) is 124 Å². The second-order valence-electron chi connectivity index (χ2n) is 7.97. The summed E-state index contributed by atoms with van der Waals surface area (Å²) in [5, 5.41) is 20.0. The quantitative estimate of drug-likeness (QED) is 0.340. The van der Waals surface area contributed by atoms with Crippen molar-refractivity contribution >= 4 is 29.1 Å². The van der Waals surface area contributed by atoms with Crippen molar-refractivity contribution in [3.8, 4) is 17.3 Å². The molecule has 1 aromatic heterocycles. The van der Waals surface area contributed by atoms with Gasteiger partial charge in [-0.15, -0.1) is 0 Å². The van der Waals surface area contributed by atoms with Gasteiger partial charge in [-0.2, -0.15) is 5.26 Å². The van der Waals surface area contributed by atoms with Gasteiger partial charge in [0.25, 0.3) is 0 Å². The Morgan fingerprint density at radius 3 is 2.11 bits per heavy atom. The average molecular weight is 464 g/mol. The van der Waals surface area contributed by atoms with E-state index in [-0.39, 0.29) is 12.1 Å². The molecule has 4 aromatic rings. The first-order valence-electron chi connectivity index (χ1n) is 10.9. The van der Waals surface area contributed by atoms with Gasteiger partial charge in [-0.25, -0.2) is 14.6 Å². The molecule has 2 heterocycles. The number of carbonyl (C=O) groups is 2. The molecule has 0 saturated heterocycles. The number of aromatic nitrogens is 2. The summed E-state index contributed by atoms with van der Waals surface area (Å²) in [5.41, 5.74) is 5.57. The van der Waals surface area contributed by atoms with E-state index >= 15 is 0 Å². The Morgan fingerprint density at radius 2 is 1.46 bits per heavy atom. The van der Waals surface area contributed by atoms with Gasteiger partial charge < -0.3 is 25.8 Å². The average Bonchev–Trinajstić information content (AvgIpc) is 3.46. The fourth-order valence-electron chi connectivity index (χ4n) is 4.06. The molecule has 4 amide bonds. The molecule has 172 valence electrons. The second kappa shape index (κ2) is 9.41. The standard InChI is InChI=1S/C26H21N7O2/c27-13-17-5-7-18(8-6-17)31-26(35)32-20-11-9-19(10-12-20)30-25(34)29-15-24-22-4-2-1-3-21(22)23-14-28-16-33(23)24/h1-12,14,16,24H,15H2,(H2,29,30,34)(H2,31,32,35). The highest BCUT2D eigenvalue weighted by molar-refractivity contribution is 6.00. The summed E-state index contributed by atoms with van der Waals surface area (Å²) in [6, 6.07) is 22.7. The minimum absolute atomic E-state index is 0.0179. The third-order valence-electron chi connectivity index (χ3n) is 5.73. The Bertz CT molecular complexity index is 1420. The number of amides is 4. The molecule has 0 aliphatic carbocycles. The van der Waals surface area contributed by atoms with E-state index in [1.54, 1.807) is 54.9 Å². The fourth-order valence-corrected chi connectivity index (χ4v) is 4.06. The molecule has 1 aliphatic heterocycles. The third-order valence-corrected chi connectivity index (χ3v) is 5.73. The summed E-state index contributed by atoms with van der Waals surface area (Å²) < 4.78 is 2.06. The molecule has 4 N–H and O–H groups in total. The number of imidazole rings is 1. The molecule has 35 heavy (non-hydrogen) atoms. The normalized spacial score (nSPS) is 13.2. The Kier molecular flexibility index (Phi) is 5.84. The lowest BCUT2D eigenvalue weighted by molar-refractivity contribution is 0.251. The van der Waals surface area contributed by atoms with Gasteiger partial charge in [0, 0.05) is 29.2 Å². The highest BCUT2D eigenvalue weighted by atomic mass is 16.2. The van der Waals surface area contributed by atoms with Crippen molar-refractivity contribution in [1.29, 1.82) is 5.26 Å². The van der Waals surface area contributed by atoms with Crippen molar-refractivity contribution in [2.24, 2.45) is 0 Å². The number of anilines is 3. The van der Waals surface area contributed by atoms with Crippen LogP contribution in [0.3, 0.4) is 0 Å².